The SMILES string of the molecule is Cc1cc(-c2ccc(N(C)C)c(N=N)c2)c2cccnc2c1. The molecule has 0 bridgehead atoms. The third-order valence-electron chi connectivity index (χ3n) is 3.75. The highest BCUT2D eigenvalue weighted by Gasteiger charge is 2.10. The molecule has 0 atom stereocenters. The summed E-state index contributed by atoms with van der Waals surface area (Å²) in [5.74, 6) is 0. The van der Waals surface area contributed by atoms with Gasteiger partial charge < -0.3 is 4.90 Å². The van der Waals surface area contributed by atoms with Gasteiger partial charge in [-0.2, -0.15) is 5.11 Å². The number of anilines is 1. The van der Waals surface area contributed by atoms with E-state index in [9.17, 15) is 0 Å². The Morgan fingerprint density at radius 2 is 1.91 bits per heavy atom. The van der Waals surface area contributed by atoms with Crippen LogP contribution in [0.5, 0.6) is 0 Å². The fourth-order valence-corrected chi connectivity index (χ4v) is 2.72. The molecule has 3 rings (SSSR count). The summed E-state index contributed by atoms with van der Waals surface area (Å²) in [5.41, 5.74) is 13.4. The molecule has 0 aliphatic carbocycles. The van der Waals surface area contributed by atoms with Crippen LogP contribution in [0.1, 0.15) is 5.56 Å². The molecule has 4 nitrogen and oxygen atoms in total. The molecule has 2 aromatic carbocycles. The fourth-order valence-electron chi connectivity index (χ4n) is 2.72. The van der Waals surface area contributed by atoms with Crippen LogP contribution in [0.15, 0.2) is 53.8 Å². The van der Waals surface area contributed by atoms with Gasteiger partial charge in [-0.3, -0.25) is 4.98 Å². The number of benzene rings is 2. The van der Waals surface area contributed by atoms with Gasteiger partial charge in [-0.25, -0.2) is 5.53 Å². The van der Waals surface area contributed by atoms with E-state index in [4.69, 9.17) is 5.53 Å². The molecule has 22 heavy (non-hydrogen) atoms. The van der Waals surface area contributed by atoms with Gasteiger partial charge in [0.25, 0.3) is 0 Å². The number of fused-ring (bicyclic) bond motifs is 1. The van der Waals surface area contributed by atoms with E-state index in [1.54, 1.807) is 0 Å². The summed E-state index contributed by atoms with van der Waals surface area (Å²) in [6, 6.07) is 14.3. The first kappa shape index (κ1) is 14.2. The predicted octanol–water partition coefficient (Wildman–Crippen LogP) is 4.94. The zero-order valence-corrected chi connectivity index (χ0v) is 13.0. The Morgan fingerprint density at radius 3 is 2.64 bits per heavy atom. The molecule has 0 saturated heterocycles. The number of nitrogens with zero attached hydrogens (tertiary/aromatic N) is 3. The third-order valence-corrected chi connectivity index (χ3v) is 3.75. The van der Waals surface area contributed by atoms with Gasteiger partial charge in [0.05, 0.1) is 11.2 Å². The second-order valence-corrected chi connectivity index (χ2v) is 5.59. The van der Waals surface area contributed by atoms with E-state index in [2.05, 4.69) is 41.3 Å². The van der Waals surface area contributed by atoms with Crippen molar-refractivity contribution in [3.8, 4) is 11.1 Å². The normalized spacial score (nSPS) is 10.7. The Hall–Kier alpha value is -2.75. The van der Waals surface area contributed by atoms with Gasteiger partial charge in [0, 0.05) is 25.7 Å². The topological polar surface area (TPSA) is 52.3 Å². The molecule has 0 radical (unpaired) electrons. The quantitative estimate of drug-likeness (QED) is 0.695. The van der Waals surface area contributed by atoms with Gasteiger partial charge in [-0.15, -0.1) is 0 Å². The van der Waals surface area contributed by atoms with E-state index in [1.807, 2.05) is 43.4 Å². The highest BCUT2D eigenvalue weighted by Crippen LogP contribution is 2.35. The van der Waals surface area contributed by atoms with Crippen molar-refractivity contribution in [3.05, 3.63) is 54.2 Å². The standard InChI is InChI=1S/C18H18N4/c1-12-9-15(14-5-4-8-20-16(14)10-12)13-6-7-18(22(2)3)17(11-13)21-19/h4-11,19H,1-3H3. The lowest BCUT2D eigenvalue weighted by Crippen LogP contribution is -2.08. The Kier molecular flexibility index (Phi) is 3.59. The van der Waals surface area contributed by atoms with Gasteiger partial charge in [0.15, 0.2) is 0 Å². The summed E-state index contributed by atoms with van der Waals surface area (Å²) in [4.78, 5) is 6.41. The summed E-state index contributed by atoms with van der Waals surface area (Å²) in [6.45, 7) is 2.07. The highest BCUT2D eigenvalue weighted by atomic mass is 15.1. The van der Waals surface area contributed by atoms with E-state index < -0.39 is 0 Å². The number of hydrogen-bond donors (Lipinski definition) is 1. The first-order valence-electron chi connectivity index (χ1n) is 7.15. The van der Waals surface area contributed by atoms with E-state index in [1.165, 1.54) is 5.56 Å². The predicted molar refractivity (Wildman–Crippen MR) is 91.1 cm³/mol. The number of aryl methyl sites for hydroxylation is 1. The molecule has 1 aromatic heterocycles. The lowest BCUT2D eigenvalue weighted by molar-refractivity contribution is 1.09. The zero-order chi connectivity index (χ0) is 15.7. The van der Waals surface area contributed by atoms with Crippen LogP contribution in [0, 0.1) is 12.5 Å². The zero-order valence-electron chi connectivity index (χ0n) is 13.0. The van der Waals surface area contributed by atoms with Crippen LogP contribution in [0.2, 0.25) is 0 Å². The Bertz CT molecular complexity index is 853. The molecule has 1 N–H and O–H groups in total. The number of rotatable bonds is 3. The van der Waals surface area contributed by atoms with Crippen LogP contribution in [0.25, 0.3) is 22.0 Å². The Labute approximate surface area is 129 Å². The van der Waals surface area contributed by atoms with Gasteiger partial charge in [-0.1, -0.05) is 18.2 Å². The molecule has 1 heterocycles. The Morgan fingerprint density at radius 1 is 1.09 bits per heavy atom. The van der Waals surface area contributed by atoms with Gasteiger partial charge in [0.2, 0.25) is 0 Å². The molecule has 0 spiro atoms. The van der Waals surface area contributed by atoms with Crippen molar-refractivity contribution in [2.45, 2.75) is 6.92 Å². The average molecular weight is 290 g/mol. The molecular weight excluding hydrogens is 272 g/mol. The molecule has 0 aliphatic rings. The van der Waals surface area contributed by atoms with E-state index in [0.717, 1.165) is 27.7 Å². The summed E-state index contributed by atoms with van der Waals surface area (Å²) >= 11 is 0. The highest BCUT2D eigenvalue weighted by molar-refractivity contribution is 5.96. The monoisotopic (exact) mass is 290 g/mol. The maximum Gasteiger partial charge on any atom is 0.109 e. The van der Waals surface area contributed by atoms with Crippen molar-refractivity contribution in [1.29, 1.82) is 5.53 Å². The van der Waals surface area contributed by atoms with Crippen molar-refractivity contribution in [2.24, 2.45) is 5.11 Å². The van der Waals surface area contributed by atoms with Crippen molar-refractivity contribution in [3.63, 3.8) is 0 Å². The van der Waals surface area contributed by atoms with Crippen LogP contribution in [0.4, 0.5) is 11.4 Å². The second-order valence-electron chi connectivity index (χ2n) is 5.59. The number of aromatic nitrogens is 1. The lowest BCUT2D eigenvalue weighted by atomic mass is 9.97. The molecule has 0 unspecified atom stereocenters. The molecule has 110 valence electrons. The molecule has 3 aromatic rings. The van der Waals surface area contributed by atoms with Crippen LogP contribution >= 0.6 is 0 Å². The molecule has 0 amide bonds. The van der Waals surface area contributed by atoms with Crippen LogP contribution < -0.4 is 4.90 Å². The first-order chi connectivity index (χ1) is 10.6. The third kappa shape index (κ3) is 2.44. The minimum absolute atomic E-state index is 0.668. The average Bonchev–Trinajstić information content (AvgIpc) is 2.53. The van der Waals surface area contributed by atoms with Gasteiger partial charge in [-0.05, 0) is 47.9 Å². The summed E-state index contributed by atoms with van der Waals surface area (Å²) in [5, 5.41) is 4.79. The van der Waals surface area contributed by atoms with Crippen LogP contribution in [-0.2, 0) is 0 Å². The largest absolute Gasteiger partial charge is 0.376 e. The van der Waals surface area contributed by atoms with Crippen LogP contribution in [0.3, 0.4) is 0 Å². The number of pyridine rings is 1. The summed E-state index contributed by atoms with van der Waals surface area (Å²) in [7, 11) is 3.91. The second kappa shape index (κ2) is 5.56. The molecule has 0 aliphatic heterocycles. The smallest absolute Gasteiger partial charge is 0.109 e. The number of nitrogens with one attached hydrogen (secondary N) is 1. The minimum atomic E-state index is 0.668. The molecule has 0 saturated carbocycles. The van der Waals surface area contributed by atoms with Crippen molar-refractivity contribution in [2.75, 3.05) is 19.0 Å². The number of hydrogen-bond acceptors (Lipinski definition) is 4. The lowest BCUT2D eigenvalue weighted by Gasteiger charge is -2.16. The van der Waals surface area contributed by atoms with Crippen molar-refractivity contribution >= 4 is 22.3 Å². The fraction of sp³-hybridized carbons (Fsp3) is 0.167. The van der Waals surface area contributed by atoms with E-state index in [-0.39, 0.29) is 0 Å². The Balaban J connectivity index is 2.26. The van der Waals surface area contributed by atoms with Gasteiger partial charge >= 0.3 is 0 Å². The van der Waals surface area contributed by atoms with Gasteiger partial charge in [0.1, 0.15) is 5.69 Å². The molecular formula is C18H18N4. The van der Waals surface area contributed by atoms with Crippen molar-refractivity contribution in [1.82, 2.24) is 4.98 Å². The van der Waals surface area contributed by atoms with E-state index in [0.29, 0.717) is 5.69 Å². The minimum Gasteiger partial charge on any atom is -0.376 e. The van der Waals surface area contributed by atoms with E-state index >= 15 is 0 Å². The molecule has 0 fully saturated rings. The summed E-state index contributed by atoms with van der Waals surface area (Å²) in [6.07, 6.45) is 1.81. The van der Waals surface area contributed by atoms with Crippen LogP contribution in [-0.4, -0.2) is 19.1 Å². The first-order valence-corrected chi connectivity index (χ1v) is 7.15. The molecule has 4 heteroatoms. The maximum atomic E-state index is 7.43. The van der Waals surface area contributed by atoms with Crippen molar-refractivity contribution < 1.29 is 0 Å². The summed E-state index contributed by atoms with van der Waals surface area (Å²) < 4.78 is 0. The maximum absolute atomic E-state index is 7.43.